The van der Waals surface area contributed by atoms with E-state index in [1.807, 2.05) is 26.0 Å². The summed E-state index contributed by atoms with van der Waals surface area (Å²) in [5.74, 6) is -0.141. The van der Waals surface area contributed by atoms with Crippen LogP contribution in [0.5, 0.6) is 0 Å². The van der Waals surface area contributed by atoms with Gasteiger partial charge in [0.05, 0.1) is 5.57 Å². The van der Waals surface area contributed by atoms with Crippen LogP contribution in [0.15, 0.2) is 60.8 Å². The van der Waals surface area contributed by atoms with Crippen LogP contribution in [0.25, 0.3) is 10.1 Å². The molecule has 8 nitrogen and oxygen atoms in total. The maximum absolute atomic E-state index is 12.0. The van der Waals surface area contributed by atoms with Gasteiger partial charge in [0.15, 0.2) is 0 Å². The lowest BCUT2D eigenvalue weighted by molar-refractivity contribution is -0.123. The Kier molecular flexibility index (Phi) is 8.12. The predicted molar refractivity (Wildman–Crippen MR) is 138 cm³/mol. The van der Waals surface area contributed by atoms with Crippen LogP contribution in [-0.4, -0.2) is 48.5 Å². The molecule has 34 heavy (non-hydrogen) atoms. The van der Waals surface area contributed by atoms with Crippen LogP contribution in [0.4, 0.5) is 9.80 Å². The molecule has 1 fully saturated rings. The zero-order valence-electron chi connectivity index (χ0n) is 19.6. The first-order valence-corrected chi connectivity index (χ1v) is 12.0. The molecule has 1 aromatic heterocycles. The highest BCUT2D eigenvalue weighted by Crippen LogP contribution is 2.34. The number of allylic oxidation sites excluding steroid dienone is 1. The minimum atomic E-state index is -0.466. The third-order valence-electron chi connectivity index (χ3n) is 5.88. The van der Waals surface area contributed by atoms with Gasteiger partial charge in [0.2, 0.25) is 6.41 Å². The fourth-order valence-corrected chi connectivity index (χ4v) is 5.09. The number of nitrogens with zero attached hydrogens (tertiary/aromatic N) is 1. The maximum atomic E-state index is 12.0. The van der Waals surface area contributed by atoms with Gasteiger partial charge in [0.1, 0.15) is 10.7 Å². The van der Waals surface area contributed by atoms with Crippen molar-refractivity contribution in [1.29, 1.82) is 0 Å². The van der Waals surface area contributed by atoms with Crippen LogP contribution in [0.1, 0.15) is 25.3 Å². The molecular formula is C25H31N5O3S. The lowest BCUT2D eigenvalue weighted by atomic mass is 9.92. The molecule has 0 bridgehead atoms. The van der Waals surface area contributed by atoms with Crippen LogP contribution in [-0.2, 0) is 9.59 Å². The molecule has 9 heteroatoms. The number of thiophene rings is 1. The number of carbonyl (C=O) groups excluding carboxylic acids is 3. The smallest absolute Gasteiger partial charge is 0.319 e. The van der Waals surface area contributed by atoms with E-state index in [0.717, 1.165) is 17.0 Å². The Hall–Kier alpha value is -3.59. The van der Waals surface area contributed by atoms with Crippen molar-refractivity contribution in [1.82, 2.24) is 20.9 Å². The average molecular weight is 482 g/mol. The van der Waals surface area contributed by atoms with E-state index in [4.69, 9.17) is 0 Å². The van der Waals surface area contributed by atoms with E-state index in [-0.39, 0.29) is 11.9 Å². The van der Waals surface area contributed by atoms with E-state index in [2.05, 4.69) is 46.6 Å². The number of aryl methyl sites for hydroxylation is 1. The molecule has 1 saturated heterocycles. The summed E-state index contributed by atoms with van der Waals surface area (Å²) in [6, 6.07) is 8.02. The Balaban J connectivity index is 0.000000192. The number of hydrogen-bond acceptors (Lipinski definition) is 5. The van der Waals surface area contributed by atoms with Crippen molar-refractivity contribution in [3.8, 4) is 0 Å². The molecule has 180 valence electrons. The van der Waals surface area contributed by atoms with Crippen LogP contribution in [0, 0.1) is 6.92 Å². The number of piperidine rings is 1. The van der Waals surface area contributed by atoms with E-state index in [1.165, 1.54) is 16.2 Å². The summed E-state index contributed by atoms with van der Waals surface area (Å²) in [6.07, 6.45) is 5.35. The fraction of sp³-hybridized carbons (Fsp3) is 0.320. The van der Waals surface area contributed by atoms with Gasteiger partial charge in [-0.3, -0.25) is 14.9 Å². The van der Waals surface area contributed by atoms with E-state index in [9.17, 15) is 14.4 Å². The Morgan fingerprint density at radius 1 is 1.21 bits per heavy atom. The lowest BCUT2D eigenvalue weighted by Crippen LogP contribution is -2.65. The monoisotopic (exact) mass is 481 g/mol. The molecule has 3 heterocycles. The van der Waals surface area contributed by atoms with Crippen LogP contribution in [0.2, 0.25) is 0 Å². The highest BCUT2D eigenvalue weighted by atomic mass is 32.1. The second-order valence-corrected chi connectivity index (χ2v) is 9.13. The number of nitrogens with one attached hydrogen (secondary N) is 4. The van der Waals surface area contributed by atoms with Gasteiger partial charge in [-0.2, -0.15) is 0 Å². The van der Waals surface area contributed by atoms with Crippen molar-refractivity contribution in [2.24, 2.45) is 0 Å². The second-order valence-electron chi connectivity index (χ2n) is 8.08. The number of fused-ring (bicyclic) bond motifs is 1. The molecule has 2 aliphatic rings. The number of benzene rings is 1. The summed E-state index contributed by atoms with van der Waals surface area (Å²) in [5, 5.41) is 14.0. The minimum Gasteiger partial charge on any atom is -0.362 e. The van der Waals surface area contributed by atoms with Crippen molar-refractivity contribution >= 4 is 44.8 Å². The molecule has 4 amide bonds. The van der Waals surface area contributed by atoms with Gasteiger partial charge in [-0.1, -0.05) is 37.4 Å². The quantitative estimate of drug-likeness (QED) is 0.490. The Labute approximate surface area is 203 Å². The summed E-state index contributed by atoms with van der Waals surface area (Å²) in [7, 11) is 0. The zero-order chi connectivity index (χ0) is 24.7. The van der Waals surface area contributed by atoms with Crippen molar-refractivity contribution in [3.63, 3.8) is 0 Å². The van der Waals surface area contributed by atoms with E-state index < -0.39 is 5.66 Å². The summed E-state index contributed by atoms with van der Waals surface area (Å²) in [5.41, 5.74) is 1.88. The first-order valence-electron chi connectivity index (χ1n) is 11.2. The molecule has 0 atom stereocenters. The number of urea groups is 1. The number of anilines is 1. The number of hydrogen-bond donors (Lipinski definition) is 4. The zero-order valence-corrected chi connectivity index (χ0v) is 20.4. The number of carbonyl (C=O) groups is 3. The van der Waals surface area contributed by atoms with Crippen LogP contribution in [0.3, 0.4) is 0 Å². The molecule has 0 aliphatic carbocycles. The number of amides is 4. The van der Waals surface area contributed by atoms with Crippen molar-refractivity contribution < 1.29 is 14.4 Å². The lowest BCUT2D eigenvalue weighted by Gasteiger charge is -2.45. The fourth-order valence-electron chi connectivity index (χ4n) is 3.99. The van der Waals surface area contributed by atoms with Crippen LogP contribution < -0.4 is 21.3 Å². The third kappa shape index (κ3) is 5.48. The largest absolute Gasteiger partial charge is 0.362 e. The minimum absolute atomic E-state index is 0.141. The Morgan fingerprint density at radius 2 is 1.91 bits per heavy atom. The maximum Gasteiger partial charge on any atom is 0.319 e. The topological polar surface area (TPSA) is 103 Å². The summed E-state index contributed by atoms with van der Waals surface area (Å²) in [4.78, 5) is 35.8. The van der Waals surface area contributed by atoms with E-state index >= 15 is 0 Å². The van der Waals surface area contributed by atoms with Crippen molar-refractivity contribution in [3.05, 3.63) is 66.4 Å². The van der Waals surface area contributed by atoms with Gasteiger partial charge < -0.3 is 20.9 Å². The highest BCUT2D eigenvalue weighted by molar-refractivity contribution is 7.23. The summed E-state index contributed by atoms with van der Waals surface area (Å²) in [6.45, 7) is 13.2. The SMILES string of the molecule is C=CC1=C(C=C)C(=O)NC2(CCN(C=O)CC2)N1.CCNC(=O)Nc1sc2ccccc2c1C. The molecule has 1 aromatic carbocycles. The molecule has 2 aliphatic heterocycles. The Morgan fingerprint density at radius 3 is 2.50 bits per heavy atom. The number of rotatable bonds is 5. The summed E-state index contributed by atoms with van der Waals surface area (Å²) < 4.78 is 1.20. The molecule has 2 aromatic rings. The van der Waals surface area contributed by atoms with Gasteiger partial charge in [-0.15, -0.1) is 11.3 Å². The predicted octanol–water partition coefficient (Wildman–Crippen LogP) is 3.63. The van der Waals surface area contributed by atoms with Gasteiger partial charge >= 0.3 is 6.03 Å². The van der Waals surface area contributed by atoms with Gasteiger partial charge in [0, 0.05) is 42.9 Å². The van der Waals surface area contributed by atoms with Crippen molar-refractivity contribution in [2.45, 2.75) is 32.4 Å². The number of likely N-dealkylation sites (tertiary alicyclic amines) is 1. The molecule has 0 radical (unpaired) electrons. The van der Waals surface area contributed by atoms with Gasteiger partial charge in [-0.05, 0) is 36.9 Å². The third-order valence-corrected chi connectivity index (χ3v) is 7.07. The van der Waals surface area contributed by atoms with Crippen molar-refractivity contribution in [2.75, 3.05) is 25.0 Å². The molecule has 1 spiro atoms. The highest BCUT2D eigenvalue weighted by Gasteiger charge is 2.39. The molecule has 0 unspecified atom stereocenters. The first kappa shape index (κ1) is 25.0. The average Bonchev–Trinajstić information content (AvgIpc) is 3.15. The normalized spacial score (nSPS) is 16.6. The van der Waals surface area contributed by atoms with Gasteiger partial charge in [0.25, 0.3) is 5.91 Å². The summed E-state index contributed by atoms with van der Waals surface area (Å²) >= 11 is 1.61. The molecular weight excluding hydrogens is 450 g/mol. The first-order chi connectivity index (χ1) is 16.4. The Bertz CT molecular complexity index is 1130. The molecule has 4 rings (SSSR count). The van der Waals surface area contributed by atoms with Crippen LogP contribution >= 0.6 is 11.3 Å². The van der Waals surface area contributed by atoms with E-state index in [0.29, 0.717) is 43.7 Å². The molecule has 4 N–H and O–H groups in total. The molecule has 0 saturated carbocycles. The second kappa shape index (κ2) is 11.0. The standard InChI is InChI=1S/C13H17N3O2.C12H14N2OS/c1-3-10-11(4-2)14-13(15-12(10)18)5-7-16(9-17)8-6-13;1-3-13-12(15)14-11-8(2)9-6-4-5-7-10(9)16-11/h3-4,9,14H,1-2,5-8H2,(H,15,18);4-7H,3H2,1-2H3,(H2,13,14,15). The van der Waals surface area contributed by atoms with Gasteiger partial charge in [-0.25, -0.2) is 4.79 Å². The van der Waals surface area contributed by atoms with E-state index in [1.54, 1.807) is 22.3 Å².